The highest BCUT2D eigenvalue weighted by Gasteiger charge is 2.24. The van der Waals surface area contributed by atoms with Crippen LogP contribution in [0, 0.1) is 5.92 Å². The van der Waals surface area contributed by atoms with Crippen molar-refractivity contribution < 1.29 is 9.59 Å². The van der Waals surface area contributed by atoms with E-state index in [1.807, 2.05) is 4.90 Å². The monoisotopic (exact) mass is 320 g/mol. The first-order valence-corrected chi connectivity index (χ1v) is 8.08. The number of H-pyrrole nitrogens is 1. The number of hydrogen-bond acceptors (Lipinski definition) is 4. The molecule has 1 saturated heterocycles. The number of hydrogen-bond donors (Lipinski definition) is 2. The van der Waals surface area contributed by atoms with Crippen molar-refractivity contribution in [3.63, 3.8) is 0 Å². The summed E-state index contributed by atoms with van der Waals surface area (Å²) in [5, 5.41) is 2.84. The van der Waals surface area contributed by atoms with Crippen LogP contribution in [0.3, 0.4) is 0 Å². The molecule has 2 N–H and O–H groups in total. The van der Waals surface area contributed by atoms with Gasteiger partial charge in [-0.1, -0.05) is 13.8 Å². The van der Waals surface area contributed by atoms with Gasteiger partial charge in [0.15, 0.2) is 0 Å². The lowest BCUT2D eigenvalue weighted by atomic mass is 10.1. The van der Waals surface area contributed by atoms with Gasteiger partial charge >= 0.3 is 0 Å². The topological polar surface area (TPSA) is 95.2 Å². The summed E-state index contributed by atoms with van der Waals surface area (Å²) < 4.78 is 0. The van der Waals surface area contributed by atoms with E-state index in [4.69, 9.17) is 0 Å². The number of nitrogens with zero attached hydrogens (tertiary/aromatic N) is 2. The lowest BCUT2D eigenvalue weighted by Crippen LogP contribution is -2.38. The van der Waals surface area contributed by atoms with Gasteiger partial charge in [-0.3, -0.25) is 14.4 Å². The molecule has 2 rings (SSSR count). The number of carbonyl (C=O) groups is 2. The van der Waals surface area contributed by atoms with E-state index in [0.717, 1.165) is 13.0 Å². The molecule has 0 aliphatic carbocycles. The van der Waals surface area contributed by atoms with Crippen LogP contribution in [-0.2, 0) is 4.79 Å². The molecule has 2 amide bonds. The Morgan fingerprint density at radius 2 is 2.22 bits per heavy atom. The van der Waals surface area contributed by atoms with E-state index in [9.17, 15) is 14.4 Å². The molecule has 126 valence electrons. The first-order chi connectivity index (χ1) is 11.0. The number of rotatable bonds is 5. The summed E-state index contributed by atoms with van der Waals surface area (Å²) in [7, 11) is 0. The molecule has 0 saturated carbocycles. The highest BCUT2D eigenvalue weighted by molar-refractivity contribution is 5.93. The predicted octanol–water partition coefficient (Wildman–Crippen LogP) is 0.927. The van der Waals surface area contributed by atoms with Gasteiger partial charge in [0, 0.05) is 31.7 Å². The fourth-order valence-electron chi connectivity index (χ4n) is 2.60. The second-order valence-electron chi connectivity index (χ2n) is 6.36. The van der Waals surface area contributed by atoms with Gasteiger partial charge in [-0.2, -0.15) is 0 Å². The third-order valence-corrected chi connectivity index (χ3v) is 4.08. The van der Waals surface area contributed by atoms with Crippen LogP contribution < -0.4 is 10.9 Å². The fraction of sp³-hybridized carbons (Fsp3) is 0.625. The smallest absolute Gasteiger partial charge is 0.263 e. The van der Waals surface area contributed by atoms with Crippen molar-refractivity contribution >= 4 is 11.8 Å². The van der Waals surface area contributed by atoms with Crippen LogP contribution in [0.4, 0.5) is 0 Å². The highest BCUT2D eigenvalue weighted by Crippen LogP contribution is 2.14. The van der Waals surface area contributed by atoms with Gasteiger partial charge in [0.05, 0.1) is 6.33 Å². The fourth-order valence-corrected chi connectivity index (χ4v) is 2.60. The van der Waals surface area contributed by atoms with Gasteiger partial charge in [-0.15, -0.1) is 0 Å². The molecule has 1 aromatic heterocycles. The van der Waals surface area contributed by atoms with E-state index < -0.39 is 11.5 Å². The van der Waals surface area contributed by atoms with Gasteiger partial charge in [-0.05, 0) is 25.2 Å². The standard InChI is InChI=1S/C16H24N4O3/c1-11(2)5-7-20-8-6-12(3-4-14(20)21)19-16(23)13-9-17-10-18-15(13)22/h9-12H,3-8H2,1-2H3,(H,19,23)(H,17,18,22). The number of aromatic nitrogens is 2. The molecule has 0 aromatic carbocycles. The molecule has 0 spiro atoms. The SMILES string of the molecule is CC(C)CCN1CCC(NC(=O)c2cnc[nH]c2=O)CCC1=O. The van der Waals surface area contributed by atoms with Crippen LogP contribution in [0.25, 0.3) is 0 Å². The van der Waals surface area contributed by atoms with Gasteiger partial charge in [0.1, 0.15) is 5.56 Å². The molecule has 1 aliphatic rings. The number of likely N-dealkylation sites (tertiary alicyclic amines) is 1. The molecular formula is C16H24N4O3. The van der Waals surface area contributed by atoms with Crippen LogP contribution in [0.5, 0.6) is 0 Å². The van der Waals surface area contributed by atoms with E-state index in [2.05, 4.69) is 29.1 Å². The quantitative estimate of drug-likeness (QED) is 0.843. The summed E-state index contributed by atoms with van der Waals surface area (Å²) in [4.78, 5) is 43.9. The molecule has 1 atom stereocenters. The lowest BCUT2D eigenvalue weighted by molar-refractivity contribution is -0.130. The van der Waals surface area contributed by atoms with Gasteiger partial charge in [0.2, 0.25) is 5.91 Å². The maximum absolute atomic E-state index is 12.2. The number of amides is 2. The van der Waals surface area contributed by atoms with Crippen LogP contribution in [-0.4, -0.2) is 45.8 Å². The first kappa shape index (κ1) is 17.2. The second kappa shape index (κ2) is 7.89. The van der Waals surface area contributed by atoms with Crippen molar-refractivity contribution in [1.29, 1.82) is 0 Å². The number of nitrogens with one attached hydrogen (secondary N) is 2. The second-order valence-corrected chi connectivity index (χ2v) is 6.36. The Bertz CT molecular complexity index is 611. The van der Waals surface area contributed by atoms with Crippen LogP contribution in [0.2, 0.25) is 0 Å². The molecule has 7 heteroatoms. The molecule has 0 radical (unpaired) electrons. The molecule has 1 unspecified atom stereocenters. The van der Waals surface area contributed by atoms with Crippen molar-refractivity contribution in [3.05, 3.63) is 28.4 Å². The summed E-state index contributed by atoms with van der Waals surface area (Å²) in [6.45, 7) is 5.67. The van der Waals surface area contributed by atoms with Gasteiger partial charge < -0.3 is 15.2 Å². The maximum Gasteiger partial charge on any atom is 0.263 e. The Morgan fingerprint density at radius 1 is 1.43 bits per heavy atom. The first-order valence-electron chi connectivity index (χ1n) is 8.08. The molecule has 7 nitrogen and oxygen atoms in total. The Kier molecular flexibility index (Phi) is 5.90. The summed E-state index contributed by atoms with van der Waals surface area (Å²) in [5.41, 5.74) is -0.458. The maximum atomic E-state index is 12.2. The average Bonchev–Trinajstić information content (AvgIpc) is 2.68. The van der Waals surface area contributed by atoms with E-state index in [1.54, 1.807) is 0 Å². The van der Waals surface area contributed by atoms with Crippen molar-refractivity contribution in [3.8, 4) is 0 Å². The number of carbonyl (C=O) groups excluding carboxylic acids is 2. The Balaban J connectivity index is 1.93. The van der Waals surface area contributed by atoms with Crippen molar-refractivity contribution in [1.82, 2.24) is 20.2 Å². The Hall–Kier alpha value is -2.18. The van der Waals surface area contributed by atoms with E-state index in [-0.39, 0.29) is 17.5 Å². The summed E-state index contributed by atoms with van der Waals surface area (Å²) in [6, 6.07) is -0.102. The molecule has 1 aliphatic heterocycles. The highest BCUT2D eigenvalue weighted by atomic mass is 16.2. The average molecular weight is 320 g/mol. The Morgan fingerprint density at radius 3 is 2.91 bits per heavy atom. The minimum Gasteiger partial charge on any atom is -0.349 e. The molecule has 1 aromatic rings. The van der Waals surface area contributed by atoms with Crippen molar-refractivity contribution in [2.75, 3.05) is 13.1 Å². The summed E-state index contributed by atoms with van der Waals surface area (Å²) in [6.07, 6.45) is 5.20. The molecule has 0 bridgehead atoms. The zero-order chi connectivity index (χ0) is 16.8. The molecule has 23 heavy (non-hydrogen) atoms. The van der Waals surface area contributed by atoms with E-state index in [0.29, 0.717) is 31.7 Å². The predicted molar refractivity (Wildman–Crippen MR) is 86.0 cm³/mol. The minimum absolute atomic E-state index is 0.000243. The molecule has 1 fully saturated rings. The normalized spacial score (nSPS) is 18.8. The zero-order valence-corrected chi connectivity index (χ0v) is 13.7. The third kappa shape index (κ3) is 4.91. The van der Waals surface area contributed by atoms with E-state index in [1.165, 1.54) is 12.5 Å². The van der Waals surface area contributed by atoms with Crippen molar-refractivity contribution in [2.45, 2.75) is 45.6 Å². The van der Waals surface area contributed by atoms with Crippen molar-refractivity contribution in [2.24, 2.45) is 5.92 Å². The van der Waals surface area contributed by atoms with Gasteiger partial charge in [0.25, 0.3) is 11.5 Å². The third-order valence-electron chi connectivity index (χ3n) is 4.08. The van der Waals surface area contributed by atoms with E-state index >= 15 is 0 Å². The van der Waals surface area contributed by atoms with Gasteiger partial charge in [-0.25, -0.2) is 4.98 Å². The van der Waals surface area contributed by atoms with Crippen LogP contribution in [0.15, 0.2) is 17.3 Å². The molecule has 2 heterocycles. The Labute approximate surface area is 135 Å². The lowest BCUT2D eigenvalue weighted by Gasteiger charge is -2.22. The number of aromatic amines is 1. The summed E-state index contributed by atoms with van der Waals surface area (Å²) >= 11 is 0. The minimum atomic E-state index is -0.458. The van der Waals surface area contributed by atoms with Crippen LogP contribution in [0.1, 0.15) is 49.9 Å². The van der Waals surface area contributed by atoms with Crippen LogP contribution >= 0.6 is 0 Å². The molecular weight excluding hydrogens is 296 g/mol. The zero-order valence-electron chi connectivity index (χ0n) is 13.7. The summed E-state index contributed by atoms with van der Waals surface area (Å²) in [5.74, 6) is 0.257. The largest absolute Gasteiger partial charge is 0.349 e.